The first-order chi connectivity index (χ1) is 12.4. The standard InChI is InChI=1S/C17H17N3O4S2/c1-5-20-7-18-15-10(16(20)22)9(3)12(26-15)14(21)19-11-8(2)6-25-13(11)17(23)24-4/h6-7H,5H2,1-4H3,(H,19,21). The smallest absolute Gasteiger partial charge is 0.350 e. The van der Waals surface area contributed by atoms with Crippen molar-refractivity contribution in [2.24, 2.45) is 0 Å². The highest BCUT2D eigenvalue weighted by molar-refractivity contribution is 7.20. The van der Waals surface area contributed by atoms with E-state index in [0.29, 0.717) is 37.8 Å². The molecule has 0 aliphatic heterocycles. The number of amides is 1. The Morgan fingerprint density at radius 2 is 2.04 bits per heavy atom. The van der Waals surface area contributed by atoms with Gasteiger partial charge in [-0.3, -0.25) is 14.2 Å². The maximum Gasteiger partial charge on any atom is 0.350 e. The molecule has 3 aromatic rings. The lowest BCUT2D eigenvalue weighted by atomic mass is 10.2. The maximum atomic E-state index is 12.8. The van der Waals surface area contributed by atoms with Crippen molar-refractivity contribution in [1.82, 2.24) is 9.55 Å². The Labute approximate surface area is 157 Å². The molecule has 7 nitrogen and oxygen atoms in total. The van der Waals surface area contributed by atoms with Gasteiger partial charge in [-0.2, -0.15) is 0 Å². The summed E-state index contributed by atoms with van der Waals surface area (Å²) in [7, 11) is 1.30. The van der Waals surface area contributed by atoms with Crippen LogP contribution in [0, 0.1) is 13.8 Å². The number of methoxy groups -OCH3 is 1. The Morgan fingerprint density at radius 1 is 1.31 bits per heavy atom. The zero-order chi connectivity index (χ0) is 19.0. The summed E-state index contributed by atoms with van der Waals surface area (Å²) in [6, 6.07) is 0. The molecule has 3 aromatic heterocycles. The summed E-state index contributed by atoms with van der Waals surface area (Å²) >= 11 is 2.37. The average Bonchev–Trinajstić information content (AvgIpc) is 3.16. The van der Waals surface area contributed by atoms with Crippen molar-refractivity contribution in [3.8, 4) is 0 Å². The van der Waals surface area contributed by atoms with Gasteiger partial charge in [0.25, 0.3) is 11.5 Å². The first-order valence-electron chi connectivity index (χ1n) is 7.85. The summed E-state index contributed by atoms with van der Waals surface area (Å²) in [5, 5.41) is 5.02. The SMILES string of the molecule is CCn1cnc2sc(C(=O)Nc3c(C)csc3C(=O)OC)c(C)c2c1=O. The fraction of sp³-hybridized carbons (Fsp3) is 0.294. The van der Waals surface area contributed by atoms with E-state index < -0.39 is 5.97 Å². The number of hydrogen-bond donors (Lipinski definition) is 1. The number of aromatic nitrogens is 2. The highest BCUT2D eigenvalue weighted by atomic mass is 32.1. The highest BCUT2D eigenvalue weighted by Gasteiger charge is 2.23. The van der Waals surface area contributed by atoms with Crippen molar-refractivity contribution < 1.29 is 14.3 Å². The first-order valence-corrected chi connectivity index (χ1v) is 9.54. The highest BCUT2D eigenvalue weighted by Crippen LogP contribution is 2.31. The van der Waals surface area contributed by atoms with Gasteiger partial charge in [0.15, 0.2) is 0 Å². The van der Waals surface area contributed by atoms with Gasteiger partial charge in [-0.1, -0.05) is 0 Å². The second-order valence-electron chi connectivity index (χ2n) is 5.64. The van der Waals surface area contributed by atoms with E-state index in [0.717, 1.165) is 16.9 Å². The third kappa shape index (κ3) is 2.93. The number of rotatable bonds is 4. The number of carbonyl (C=O) groups excluding carboxylic acids is 2. The minimum Gasteiger partial charge on any atom is -0.465 e. The third-order valence-electron chi connectivity index (χ3n) is 4.05. The van der Waals surface area contributed by atoms with Crippen LogP contribution >= 0.6 is 22.7 Å². The number of carbonyl (C=O) groups is 2. The lowest BCUT2D eigenvalue weighted by molar-refractivity contribution is 0.0607. The van der Waals surface area contributed by atoms with E-state index in [9.17, 15) is 14.4 Å². The van der Waals surface area contributed by atoms with Crippen LogP contribution < -0.4 is 10.9 Å². The predicted octanol–water partition coefficient (Wildman–Crippen LogP) is 3.20. The molecular formula is C17H17N3O4S2. The number of nitrogens with zero attached hydrogens (tertiary/aromatic N) is 2. The van der Waals surface area contributed by atoms with Gasteiger partial charge < -0.3 is 10.1 Å². The second-order valence-corrected chi connectivity index (χ2v) is 7.52. The molecule has 0 aliphatic rings. The number of anilines is 1. The van der Waals surface area contributed by atoms with Gasteiger partial charge >= 0.3 is 5.97 Å². The molecule has 0 unspecified atom stereocenters. The number of thiophene rings is 2. The molecule has 9 heteroatoms. The monoisotopic (exact) mass is 391 g/mol. The predicted molar refractivity (Wildman–Crippen MR) is 103 cm³/mol. The van der Waals surface area contributed by atoms with Crippen molar-refractivity contribution in [2.75, 3.05) is 12.4 Å². The minimum absolute atomic E-state index is 0.160. The molecule has 0 spiro atoms. The van der Waals surface area contributed by atoms with Crippen LogP contribution in [0.3, 0.4) is 0 Å². The van der Waals surface area contributed by atoms with Gasteiger partial charge in [-0.05, 0) is 37.3 Å². The van der Waals surface area contributed by atoms with Gasteiger partial charge in [-0.25, -0.2) is 9.78 Å². The van der Waals surface area contributed by atoms with Crippen molar-refractivity contribution in [3.05, 3.63) is 42.9 Å². The van der Waals surface area contributed by atoms with Gasteiger partial charge in [0, 0.05) is 6.54 Å². The zero-order valence-electron chi connectivity index (χ0n) is 14.7. The lowest BCUT2D eigenvalue weighted by Crippen LogP contribution is -2.19. The minimum atomic E-state index is -0.501. The third-order valence-corrected chi connectivity index (χ3v) is 6.32. The maximum absolute atomic E-state index is 12.8. The van der Waals surface area contributed by atoms with Crippen LogP contribution in [0.1, 0.15) is 37.4 Å². The number of nitrogens with one attached hydrogen (secondary N) is 1. The Hall–Kier alpha value is -2.52. The van der Waals surface area contributed by atoms with Crippen LogP contribution in [0.5, 0.6) is 0 Å². The number of aryl methyl sites for hydroxylation is 3. The Kier molecular flexibility index (Phi) is 4.92. The van der Waals surface area contributed by atoms with Gasteiger partial charge in [0.05, 0.1) is 29.4 Å². The van der Waals surface area contributed by atoms with E-state index in [1.54, 1.807) is 19.2 Å². The van der Waals surface area contributed by atoms with Crippen molar-refractivity contribution in [1.29, 1.82) is 0 Å². The molecule has 0 fully saturated rings. The zero-order valence-corrected chi connectivity index (χ0v) is 16.3. The van der Waals surface area contributed by atoms with Crippen molar-refractivity contribution in [3.63, 3.8) is 0 Å². The number of esters is 1. The van der Waals surface area contributed by atoms with Gasteiger partial charge in [-0.15, -0.1) is 22.7 Å². The Balaban J connectivity index is 2.03. The molecule has 0 radical (unpaired) electrons. The molecule has 0 atom stereocenters. The van der Waals surface area contributed by atoms with E-state index in [-0.39, 0.29) is 11.5 Å². The topological polar surface area (TPSA) is 90.3 Å². The molecule has 1 amide bonds. The quantitative estimate of drug-likeness (QED) is 0.690. The molecule has 1 N–H and O–H groups in total. The molecule has 0 saturated heterocycles. The molecule has 136 valence electrons. The Morgan fingerprint density at radius 3 is 2.69 bits per heavy atom. The average molecular weight is 391 g/mol. The fourth-order valence-corrected chi connectivity index (χ4v) is 4.57. The number of fused-ring (bicyclic) bond motifs is 1. The summed E-state index contributed by atoms with van der Waals surface area (Å²) in [6.07, 6.45) is 1.49. The normalized spacial score (nSPS) is 10.9. The summed E-state index contributed by atoms with van der Waals surface area (Å²) in [5.74, 6) is -0.876. The molecule has 3 rings (SSSR count). The second kappa shape index (κ2) is 7.00. The molecule has 0 aromatic carbocycles. The van der Waals surface area contributed by atoms with E-state index in [1.165, 1.54) is 29.3 Å². The van der Waals surface area contributed by atoms with Crippen LogP contribution in [0.25, 0.3) is 10.2 Å². The molecule has 3 heterocycles. The van der Waals surface area contributed by atoms with E-state index in [2.05, 4.69) is 10.3 Å². The molecule has 26 heavy (non-hydrogen) atoms. The van der Waals surface area contributed by atoms with E-state index in [1.807, 2.05) is 6.92 Å². The van der Waals surface area contributed by atoms with Gasteiger partial charge in [0.2, 0.25) is 0 Å². The molecule has 0 saturated carbocycles. The summed E-state index contributed by atoms with van der Waals surface area (Å²) in [5.41, 5.74) is 1.64. The van der Waals surface area contributed by atoms with Crippen molar-refractivity contribution >= 4 is 50.5 Å². The van der Waals surface area contributed by atoms with Crippen molar-refractivity contribution in [2.45, 2.75) is 27.3 Å². The van der Waals surface area contributed by atoms with Crippen LogP contribution in [-0.2, 0) is 11.3 Å². The Bertz CT molecular complexity index is 1080. The first kappa shape index (κ1) is 18.3. The van der Waals surface area contributed by atoms with Gasteiger partial charge in [0.1, 0.15) is 9.71 Å². The van der Waals surface area contributed by atoms with Crippen LogP contribution in [0.15, 0.2) is 16.5 Å². The molecule has 0 bridgehead atoms. The molecule has 0 aliphatic carbocycles. The summed E-state index contributed by atoms with van der Waals surface area (Å²) < 4.78 is 6.26. The molecular weight excluding hydrogens is 374 g/mol. The number of ether oxygens (including phenoxy) is 1. The lowest BCUT2D eigenvalue weighted by Gasteiger charge is -2.06. The van der Waals surface area contributed by atoms with Crippen LogP contribution in [-0.4, -0.2) is 28.5 Å². The van der Waals surface area contributed by atoms with E-state index >= 15 is 0 Å². The van der Waals surface area contributed by atoms with Crippen LogP contribution in [0.2, 0.25) is 0 Å². The fourth-order valence-electron chi connectivity index (χ4n) is 2.61. The number of hydrogen-bond acceptors (Lipinski definition) is 7. The largest absolute Gasteiger partial charge is 0.465 e. The van der Waals surface area contributed by atoms with Crippen LogP contribution in [0.4, 0.5) is 5.69 Å². The summed E-state index contributed by atoms with van der Waals surface area (Å²) in [4.78, 5) is 42.7. The van der Waals surface area contributed by atoms with E-state index in [4.69, 9.17) is 4.74 Å². The summed E-state index contributed by atoms with van der Waals surface area (Å²) in [6.45, 7) is 5.91.